The van der Waals surface area contributed by atoms with Crippen LogP contribution in [0, 0.1) is 0 Å². The van der Waals surface area contributed by atoms with Crippen LogP contribution in [0.1, 0.15) is 20.8 Å². The molecule has 1 heterocycles. The molecule has 0 amide bonds. The average molecular weight is 513 g/mol. The van der Waals surface area contributed by atoms with E-state index < -0.39 is 16.6 Å². The van der Waals surface area contributed by atoms with Gasteiger partial charge in [-0.2, -0.15) is 13.2 Å². The van der Waals surface area contributed by atoms with Gasteiger partial charge in [0.2, 0.25) is 0 Å². The summed E-state index contributed by atoms with van der Waals surface area (Å²) in [5, 5.41) is 0. The van der Waals surface area contributed by atoms with Crippen molar-refractivity contribution in [1.29, 1.82) is 0 Å². The van der Waals surface area contributed by atoms with Crippen molar-refractivity contribution < 1.29 is 13.2 Å². The SMILES string of the molecule is FC(F)(F)c1cc(Br)ccc1C(Br)c1cc(Br)c(Cl)s1. The molecule has 1 aromatic heterocycles. The van der Waals surface area contributed by atoms with E-state index in [1.807, 2.05) is 0 Å². The minimum absolute atomic E-state index is 0.158. The molecule has 0 aliphatic rings. The summed E-state index contributed by atoms with van der Waals surface area (Å²) in [6.45, 7) is 0. The first-order valence-corrected chi connectivity index (χ1v) is 8.85. The molecule has 0 N–H and O–H groups in total. The van der Waals surface area contributed by atoms with Gasteiger partial charge in [-0.25, -0.2) is 0 Å². The van der Waals surface area contributed by atoms with Crippen LogP contribution in [-0.4, -0.2) is 0 Å². The Kier molecular flexibility index (Phi) is 5.28. The minimum Gasteiger partial charge on any atom is -0.166 e. The Balaban J connectivity index is 2.52. The highest BCUT2D eigenvalue weighted by Gasteiger charge is 2.35. The molecule has 0 fully saturated rings. The lowest BCUT2D eigenvalue weighted by atomic mass is 10.0. The van der Waals surface area contributed by atoms with Gasteiger partial charge in [0.1, 0.15) is 4.34 Å². The second-order valence-electron chi connectivity index (χ2n) is 3.86. The summed E-state index contributed by atoms with van der Waals surface area (Å²) in [6, 6.07) is 5.83. The maximum Gasteiger partial charge on any atom is 0.416 e. The minimum atomic E-state index is -4.41. The molecule has 20 heavy (non-hydrogen) atoms. The van der Waals surface area contributed by atoms with E-state index in [0.29, 0.717) is 18.2 Å². The maximum absolute atomic E-state index is 13.1. The Bertz CT molecular complexity index is 620. The monoisotopic (exact) mass is 510 g/mol. The van der Waals surface area contributed by atoms with Crippen molar-refractivity contribution in [2.24, 2.45) is 0 Å². The Labute approximate surface area is 147 Å². The predicted octanol–water partition coefficient (Wildman–Crippen LogP) is 7.43. The van der Waals surface area contributed by atoms with E-state index in [4.69, 9.17) is 11.6 Å². The highest BCUT2D eigenvalue weighted by molar-refractivity contribution is 9.11. The number of alkyl halides is 4. The second kappa shape index (κ2) is 6.28. The van der Waals surface area contributed by atoms with Gasteiger partial charge in [-0.15, -0.1) is 11.3 Å². The summed E-state index contributed by atoms with van der Waals surface area (Å²) in [5.74, 6) is 0. The summed E-state index contributed by atoms with van der Waals surface area (Å²) in [5.41, 5.74) is -0.513. The van der Waals surface area contributed by atoms with Crippen molar-refractivity contribution in [3.8, 4) is 0 Å². The van der Waals surface area contributed by atoms with Crippen LogP contribution >= 0.6 is 70.7 Å². The van der Waals surface area contributed by atoms with Crippen LogP contribution in [0.15, 0.2) is 33.2 Å². The second-order valence-corrected chi connectivity index (χ2v) is 8.23. The highest BCUT2D eigenvalue weighted by Crippen LogP contribution is 2.45. The number of thiophene rings is 1. The van der Waals surface area contributed by atoms with Crippen molar-refractivity contribution in [1.82, 2.24) is 0 Å². The molecule has 0 bridgehead atoms. The van der Waals surface area contributed by atoms with Crippen molar-refractivity contribution >= 4 is 70.7 Å². The molecule has 0 aliphatic heterocycles. The van der Waals surface area contributed by atoms with Gasteiger partial charge in [-0.05, 0) is 39.7 Å². The first-order valence-electron chi connectivity index (χ1n) is 5.15. The third kappa shape index (κ3) is 3.61. The van der Waals surface area contributed by atoms with E-state index in [1.54, 1.807) is 12.1 Å². The molecule has 1 unspecified atom stereocenters. The van der Waals surface area contributed by atoms with Crippen LogP contribution in [0.25, 0.3) is 0 Å². The zero-order valence-electron chi connectivity index (χ0n) is 9.44. The van der Waals surface area contributed by atoms with Gasteiger partial charge in [0.05, 0.1) is 10.4 Å². The topological polar surface area (TPSA) is 0 Å². The number of rotatable bonds is 2. The lowest BCUT2D eigenvalue weighted by molar-refractivity contribution is -0.138. The standard InChI is InChI=1S/C12H5Br3ClF3S/c13-5-1-2-6(7(3-5)12(17,18)19)10(15)9-4-8(14)11(16)20-9/h1-4,10H. The predicted molar refractivity (Wildman–Crippen MR) is 86.9 cm³/mol. The number of halogens is 7. The molecule has 0 spiro atoms. The fraction of sp³-hybridized carbons (Fsp3) is 0.167. The van der Waals surface area contributed by atoms with Crippen molar-refractivity contribution in [3.05, 3.63) is 53.6 Å². The molecule has 1 atom stereocenters. The summed E-state index contributed by atoms with van der Waals surface area (Å²) in [4.78, 5) is 0.135. The molecular weight excluding hydrogens is 508 g/mol. The molecule has 2 rings (SSSR count). The molecule has 1 aromatic carbocycles. The molecule has 2 aromatic rings. The maximum atomic E-state index is 13.1. The van der Waals surface area contributed by atoms with Gasteiger partial charge in [0.15, 0.2) is 0 Å². The van der Waals surface area contributed by atoms with E-state index >= 15 is 0 Å². The smallest absolute Gasteiger partial charge is 0.166 e. The molecule has 0 aliphatic carbocycles. The van der Waals surface area contributed by atoms with E-state index in [-0.39, 0.29) is 5.56 Å². The Morgan fingerprint density at radius 2 is 1.80 bits per heavy atom. The fourth-order valence-electron chi connectivity index (χ4n) is 1.64. The first kappa shape index (κ1) is 16.8. The normalized spacial score (nSPS) is 13.6. The van der Waals surface area contributed by atoms with Crippen molar-refractivity contribution in [2.75, 3.05) is 0 Å². The van der Waals surface area contributed by atoms with Crippen molar-refractivity contribution in [2.45, 2.75) is 11.0 Å². The van der Waals surface area contributed by atoms with Gasteiger partial charge < -0.3 is 0 Å². The summed E-state index contributed by atoms with van der Waals surface area (Å²) < 4.78 is 40.9. The zero-order valence-corrected chi connectivity index (χ0v) is 15.8. The van der Waals surface area contributed by atoms with Crippen LogP contribution in [0.2, 0.25) is 4.34 Å². The van der Waals surface area contributed by atoms with Gasteiger partial charge in [-0.1, -0.05) is 49.5 Å². The number of hydrogen-bond acceptors (Lipinski definition) is 1. The van der Waals surface area contributed by atoms with E-state index in [0.717, 1.165) is 6.07 Å². The number of benzene rings is 1. The van der Waals surface area contributed by atoms with Crippen LogP contribution in [0.4, 0.5) is 13.2 Å². The Morgan fingerprint density at radius 3 is 2.30 bits per heavy atom. The molecular formula is C12H5Br3ClF3S. The van der Waals surface area contributed by atoms with E-state index in [9.17, 15) is 13.2 Å². The fourth-order valence-corrected chi connectivity index (χ4v) is 4.54. The zero-order chi connectivity index (χ0) is 15.1. The highest BCUT2D eigenvalue weighted by atomic mass is 79.9. The van der Waals surface area contributed by atoms with E-state index in [2.05, 4.69) is 47.8 Å². The van der Waals surface area contributed by atoms with Gasteiger partial charge in [0.25, 0.3) is 0 Å². The number of hydrogen-bond donors (Lipinski definition) is 0. The Morgan fingerprint density at radius 1 is 1.15 bits per heavy atom. The molecule has 0 radical (unpaired) electrons. The average Bonchev–Trinajstić information content (AvgIpc) is 2.67. The summed E-state index contributed by atoms with van der Waals surface area (Å²) in [7, 11) is 0. The molecule has 0 saturated carbocycles. The van der Waals surface area contributed by atoms with Crippen molar-refractivity contribution in [3.63, 3.8) is 0 Å². The molecule has 8 heteroatoms. The van der Waals surface area contributed by atoms with E-state index in [1.165, 1.54) is 17.4 Å². The quantitative estimate of drug-likeness (QED) is 0.367. The first-order chi connectivity index (χ1) is 9.20. The Hall–Kier alpha value is 0.440. The third-order valence-electron chi connectivity index (χ3n) is 2.51. The molecule has 0 saturated heterocycles. The van der Waals surface area contributed by atoms with Crippen LogP contribution in [0.5, 0.6) is 0 Å². The van der Waals surface area contributed by atoms with Gasteiger partial charge in [0, 0.05) is 13.8 Å². The molecule has 108 valence electrons. The van der Waals surface area contributed by atoms with Crippen LogP contribution in [-0.2, 0) is 6.18 Å². The lowest BCUT2D eigenvalue weighted by Crippen LogP contribution is -2.10. The van der Waals surface area contributed by atoms with Crippen LogP contribution in [0.3, 0.4) is 0 Å². The summed E-state index contributed by atoms with van der Waals surface area (Å²) in [6.07, 6.45) is -4.41. The third-order valence-corrected chi connectivity index (χ3v) is 6.83. The molecule has 0 nitrogen and oxygen atoms in total. The van der Waals surface area contributed by atoms with Crippen LogP contribution < -0.4 is 0 Å². The van der Waals surface area contributed by atoms with Gasteiger partial charge in [-0.3, -0.25) is 0 Å². The largest absolute Gasteiger partial charge is 0.416 e. The van der Waals surface area contributed by atoms with Gasteiger partial charge >= 0.3 is 6.18 Å². The summed E-state index contributed by atoms with van der Waals surface area (Å²) >= 11 is 16.8. The lowest BCUT2D eigenvalue weighted by Gasteiger charge is -2.16.